The number of rotatable bonds is 5. The molecule has 5 nitrogen and oxygen atoms in total. The van der Waals surface area contributed by atoms with Crippen LogP contribution in [0.5, 0.6) is 0 Å². The summed E-state index contributed by atoms with van der Waals surface area (Å²) in [5, 5.41) is 14.6. The highest BCUT2D eigenvalue weighted by Gasteiger charge is 2.26. The second kappa shape index (κ2) is 12.8. The fourth-order valence-electron chi connectivity index (χ4n) is 8.83. The molecule has 0 saturated heterocycles. The van der Waals surface area contributed by atoms with Crippen molar-refractivity contribution < 1.29 is 4.42 Å². The van der Waals surface area contributed by atoms with Gasteiger partial charge in [0.25, 0.3) is 0 Å². The van der Waals surface area contributed by atoms with E-state index in [0.29, 0.717) is 0 Å². The molecule has 8 aromatic carbocycles. The van der Waals surface area contributed by atoms with E-state index in [1.54, 1.807) is 0 Å². The van der Waals surface area contributed by atoms with Crippen molar-refractivity contribution in [2.75, 3.05) is 0 Å². The van der Waals surface area contributed by atoms with Crippen molar-refractivity contribution in [3.63, 3.8) is 0 Å². The van der Waals surface area contributed by atoms with Crippen LogP contribution in [0.2, 0.25) is 0 Å². The highest BCUT2D eigenvalue weighted by Crippen LogP contribution is 2.44. The number of amidine groups is 1. The standard InChI is InChI=1S/C51H34N4OS/c1-3-13-31(14-4-1)49-52-50(32-15-5-2-6-16-32)54-51(53-49)33-25-28-45-42(29-33)39-20-11-19-38(47(39)56-45)41-22-12-21-40-37-27-26-34(30-46(37)57-48(40)41)55-43-23-9-7-17-35(43)36-18-8-10-24-44(36)55/h1-30,49-50,52H,(H,53,54). The molecule has 6 heteroatoms. The lowest BCUT2D eigenvalue weighted by molar-refractivity contribution is 0.409. The molecule has 2 N–H and O–H groups in total. The lowest BCUT2D eigenvalue weighted by atomic mass is 9.99. The summed E-state index contributed by atoms with van der Waals surface area (Å²) in [4.78, 5) is 5.21. The van der Waals surface area contributed by atoms with Crippen LogP contribution in [0.1, 0.15) is 29.0 Å². The topological polar surface area (TPSA) is 54.5 Å². The number of furan rings is 1. The van der Waals surface area contributed by atoms with Gasteiger partial charge in [-0.15, -0.1) is 11.3 Å². The van der Waals surface area contributed by atoms with Gasteiger partial charge in [0.15, 0.2) is 0 Å². The number of fused-ring (bicyclic) bond motifs is 9. The van der Waals surface area contributed by atoms with Crippen molar-refractivity contribution in [2.24, 2.45) is 4.99 Å². The summed E-state index contributed by atoms with van der Waals surface area (Å²) in [6, 6.07) is 64.9. The fourth-order valence-corrected chi connectivity index (χ4v) is 10.1. The first-order valence-corrected chi connectivity index (χ1v) is 20.2. The van der Waals surface area contributed by atoms with Gasteiger partial charge in [0, 0.05) is 64.1 Å². The zero-order valence-corrected chi connectivity index (χ0v) is 31.5. The van der Waals surface area contributed by atoms with E-state index in [1.807, 2.05) is 23.5 Å². The average Bonchev–Trinajstić information content (AvgIpc) is 3.96. The molecule has 2 unspecified atom stereocenters. The molecular weight excluding hydrogens is 717 g/mol. The van der Waals surface area contributed by atoms with E-state index in [4.69, 9.17) is 9.41 Å². The molecule has 1 aliphatic heterocycles. The van der Waals surface area contributed by atoms with Crippen LogP contribution in [0.25, 0.3) is 80.7 Å². The van der Waals surface area contributed by atoms with Crippen molar-refractivity contribution in [3.8, 4) is 16.8 Å². The summed E-state index contributed by atoms with van der Waals surface area (Å²) in [6.07, 6.45) is -0.303. The van der Waals surface area contributed by atoms with E-state index < -0.39 is 0 Å². The molecule has 270 valence electrons. The fraction of sp³-hybridized carbons (Fsp3) is 0.0392. The van der Waals surface area contributed by atoms with E-state index in [1.165, 1.54) is 53.2 Å². The minimum atomic E-state index is -0.198. The normalized spacial score (nSPS) is 15.9. The Labute approximate surface area is 332 Å². The number of aromatic nitrogens is 1. The molecule has 0 aliphatic carbocycles. The van der Waals surface area contributed by atoms with Gasteiger partial charge in [0.05, 0.1) is 11.0 Å². The summed E-state index contributed by atoms with van der Waals surface area (Å²) in [7, 11) is 0. The molecule has 57 heavy (non-hydrogen) atoms. The quantitative estimate of drug-likeness (QED) is 0.184. The molecule has 2 atom stereocenters. The predicted octanol–water partition coefficient (Wildman–Crippen LogP) is 13.1. The van der Waals surface area contributed by atoms with Crippen molar-refractivity contribution in [2.45, 2.75) is 12.3 Å². The maximum atomic E-state index is 6.76. The number of para-hydroxylation sites is 3. The van der Waals surface area contributed by atoms with Gasteiger partial charge in [-0.3, -0.25) is 5.32 Å². The second-order valence-electron chi connectivity index (χ2n) is 14.8. The van der Waals surface area contributed by atoms with E-state index in [9.17, 15) is 0 Å². The SMILES string of the molecule is c1ccc(C2N=C(c3ccc4oc5c(-c6cccc7c6sc6cc(-n8c9ccccc9c9ccccc98)ccc67)cccc5c4c3)NC(c3ccccc3)N2)cc1. The van der Waals surface area contributed by atoms with Gasteiger partial charge in [-0.05, 0) is 53.6 Å². The van der Waals surface area contributed by atoms with Gasteiger partial charge in [0.2, 0.25) is 0 Å². The van der Waals surface area contributed by atoms with E-state index >= 15 is 0 Å². The molecule has 3 aromatic heterocycles. The number of nitrogens with zero attached hydrogens (tertiary/aromatic N) is 2. The molecule has 0 bridgehead atoms. The third kappa shape index (κ3) is 5.15. The predicted molar refractivity (Wildman–Crippen MR) is 238 cm³/mol. The van der Waals surface area contributed by atoms with Crippen LogP contribution in [0, 0.1) is 0 Å². The smallest absolute Gasteiger partial charge is 0.143 e. The van der Waals surface area contributed by atoms with Gasteiger partial charge in [-0.2, -0.15) is 0 Å². The second-order valence-corrected chi connectivity index (χ2v) is 15.8. The van der Waals surface area contributed by atoms with Crippen LogP contribution in [0.15, 0.2) is 191 Å². The lowest BCUT2D eigenvalue weighted by Gasteiger charge is -2.32. The van der Waals surface area contributed by atoms with Gasteiger partial charge >= 0.3 is 0 Å². The summed E-state index contributed by atoms with van der Waals surface area (Å²) in [5.74, 6) is 0.846. The molecule has 0 saturated carbocycles. The number of aliphatic imine (C=N–C) groups is 1. The van der Waals surface area contributed by atoms with Gasteiger partial charge in [-0.25, -0.2) is 4.99 Å². The number of benzene rings is 8. The summed E-state index contributed by atoms with van der Waals surface area (Å²) < 4.78 is 11.7. The Morgan fingerprint density at radius 3 is 1.96 bits per heavy atom. The van der Waals surface area contributed by atoms with E-state index in [-0.39, 0.29) is 12.3 Å². The van der Waals surface area contributed by atoms with Crippen molar-refractivity contribution in [3.05, 3.63) is 199 Å². The Morgan fingerprint density at radius 2 is 1.19 bits per heavy atom. The first-order chi connectivity index (χ1) is 28.2. The summed E-state index contributed by atoms with van der Waals surface area (Å²) in [6.45, 7) is 0. The minimum Gasteiger partial charge on any atom is -0.455 e. The van der Waals surface area contributed by atoms with Crippen LogP contribution >= 0.6 is 11.3 Å². The Bertz CT molecular complexity index is 3320. The molecule has 11 aromatic rings. The summed E-state index contributed by atoms with van der Waals surface area (Å²) >= 11 is 1.85. The molecule has 12 rings (SSSR count). The number of hydrogen-bond donors (Lipinski definition) is 2. The molecule has 0 spiro atoms. The Kier molecular flexibility index (Phi) is 7.24. The van der Waals surface area contributed by atoms with Crippen molar-refractivity contribution >= 4 is 81.1 Å². The zero-order chi connectivity index (χ0) is 37.5. The van der Waals surface area contributed by atoms with Crippen LogP contribution in [-0.4, -0.2) is 10.4 Å². The molecule has 0 fully saturated rings. The Balaban J connectivity index is 0.971. The van der Waals surface area contributed by atoms with Crippen molar-refractivity contribution in [1.29, 1.82) is 0 Å². The van der Waals surface area contributed by atoms with Crippen LogP contribution < -0.4 is 10.6 Å². The third-order valence-corrected chi connectivity index (χ3v) is 12.7. The van der Waals surface area contributed by atoms with E-state index in [0.717, 1.165) is 50.0 Å². The molecule has 0 amide bonds. The number of nitrogens with one attached hydrogen (secondary N) is 2. The average molecular weight is 751 g/mol. The maximum Gasteiger partial charge on any atom is 0.143 e. The summed E-state index contributed by atoms with van der Waals surface area (Å²) in [5.41, 5.74) is 10.9. The lowest BCUT2D eigenvalue weighted by Crippen LogP contribution is -2.44. The van der Waals surface area contributed by atoms with Crippen LogP contribution in [-0.2, 0) is 0 Å². The number of hydrogen-bond acceptors (Lipinski definition) is 5. The van der Waals surface area contributed by atoms with E-state index in [2.05, 4.69) is 185 Å². The van der Waals surface area contributed by atoms with Gasteiger partial charge < -0.3 is 14.3 Å². The molecule has 0 radical (unpaired) electrons. The van der Waals surface area contributed by atoms with Gasteiger partial charge in [0.1, 0.15) is 29.3 Å². The first-order valence-electron chi connectivity index (χ1n) is 19.4. The third-order valence-electron chi connectivity index (χ3n) is 11.5. The van der Waals surface area contributed by atoms with Crippen LogP contribution in [0.4, 0.5) is 0 Å². The highest BCUT2D eigenvalue weighted by molar-refractivity contribution is 7.26. The Morgan fingerprint density at radius 1 is 0.526 bits per heavy atom. The molecule has 4 heterocycles. The monoisotopic (exact) mass is 750 g/mol. The molecular formula is C51H34N4OS. The Hall–Kier alpha value is -6.99. The molecule has 1 aliphatic rings. The first kappa shape index (κ1) is 32.3. The minimum absolute atomic E-state index is 0.104. The largest absolute Gasteiger partial charge is 0.455 e. The zero-order valence-electron chi connectivity index (χ0n) is 30.7. The van der Waals surface area contributed by atoms with Gasteiger partial charge in [-0.1, -0.05) is 140 Å². The maximum absolute atomic E-state index is 6.76. The van der Waals surface area contributed by atoms with Crippen LogP contribution in [0.3, 0.4) is 0 Å². The highest BCUT2D eigenvalue weighted by atomic mass is 32.1. The number of thiophene rings is 1. The van der Waals surface area contributed by atoms with Crippen molar-refractivity contribution in [1.82, 2.24) is 15.2 Å².